The summed E-state index contributed by atoms with van der Waals surface area (Å²) < 4.78 is 5.39. The third-order valence-corrected chi connectivity index (χ3v) is 3.14. The summed E-state index contributed by atoms with van der Waals surface area (Å²) in [4.78, 5) is 2.33. The van der Waals surface area contributed by atoms with Crippen molar-refractivity contribution in [3.05, 3.63) is 30.3 Å². The minimum atomic E-state index is 0.516. The Morgan fingerprint density at radius 2 is 2.00 bits per heavy atom. The van der Waals surface area contributed by atoms with E-state index in [1.807, 2.05) is 18.2 Å². The zero-order chi connectivity index (χ0) is 12.4. The number of aromatic amines is 1. The van der Waals surface area contributed by atoms with Gasteiger partial charge < -0.3 is 15.4 Å². The summed E-state index contributed by atoms with van der Waals surface area (Å²) >= 11 is 0. The van der Waals surface area contributed by atoms with Crippen molar-refractivity contribution in [3.8, 4) is 11.3 Å². The summed E-state index contributed by atoms with van der Waals surface area (Å²) in [5.41, 5.74) is 8.95. The van der Waals surface area contributed by atoms with Crippen LogP contribution in [0.25, 0.3) is 11.3 Å². The highest BCUT2D eigenvalue weighted by Gasteiger charge is 2.16. The maximum atomic E-state index is 5.67. The van der Waals surface area contributed by atoms with Crippen molar-refractivity contribution in [2.45, 2.75) is 0 Å². The quantitative estimate of drug-likeness (QED) is 0.840. The van der Waals surface area contributed by atoms with Crippen LogP contribution in [-0.2, 0) is 4.74 Å². The van der Waals surface area contributed by atoms with Gasteiger partial charge in [0.2, 0.25) is 0 Å². The van der Waals surface area contributed by atoms with Gasteiger partial charge in [-0.25, -0.2) is 0 Å². The molecule has 0 unspecified atom stereocenters. The second-order valence-electron chi connectivity index (χ2n) is 4.32. The number of ether oxygens (including phenoxy) is 1. The van der Waals surface area contributed by atoms with Crippen molar-refractivity contribution >= 4 is 11.5 Å². The van der Waals surface area contributed by atoms with Gasteiger partial charge in [-0.2, -0.15) is 5.10 Å². The SMILES string of the molecule is Nc1cc(-c2ccccc2N2CCOCC2)[nH]n1. The van der Waals surface area contributed by atoms with Crippen LogP contribution in [0.1, 0.15) is 0 Å². The molecule has 5 nitrogen and oxygen atoms in total. The van der Waals surface area contributed by atoms with Crippen molar-refractivity contribution in [3.63, 3.8) is 0 Å². The van der Waals surface area contributed by atoms with E-state index in [4.69, 9.17) is 10.5 Å². The topological polar surface area (TPSA) is 67.2 Å². The van der Waals surface area contributed by atoms with Gasteiger partial charge >= 0.3 is 0 Å². The molecule has 3 N–H and O–H groups in total. The number of para-hydroxylation sites is 1. The molecular formula is C13H16N4O. The first kappa shape index (κ1) is 11.1. The van der Waals surface area contributed by atoms with Gasteiger partial charge in [0.05, 0.1) is 18.9 Å². The van der Waals surface area contributed by atoms with Crippen LogP contribution in [-0.4, -0.2) is 36.5 Å². The van der Waals surface area contributed by atoms with E-state index in [9.17, 15) is 0 Å². The molecular weight excluding hydrogens is 228 g/mol. The van der Waals surface area contributed by atoms with E-state index in [1.54, 1.807) is 0 Å². The molecule has 0 bridgehead atoms. The Balaban J connectivity index is 1.99. The number of nitrogen functional groups attached to an aromatic ring is 1. The molecule has 0 aliphatic carbocycles. The first-order chi connectivity index (χ1) is 8.84. The van der Waals surface area contributed by atoms with Crippen LogP contribution in [0.3, 0.4) is 0 Å². The summed E-state index contributed by atoms with van der Waals surface area (Å²) in [5, 5.41) is 6.96. The van der Waals surface area contributed by atoms with Gasteiger partial charge in [0, 0.05) is 30.4 Å². The molecule has 1 aliphatic rings. The number of nitrogens with one attached hydrogen (secondary N) is 1. The molecule has 0 atom stereocenters. The maximum Gasteiger partial charge on any atom is 0.145 e. The molecule has 0 spiro atoms. The van der Waals surface area contributed by atoms with E-state index in [0.29, 0.717) is 5.82 Å². The molecule has 1 aromatic carbocycles. The minimum Gasteiger partial charge on any atom is -0.382 e. The third-order valence-electron chi connectivity index (χ3n) is 3.14. The third kappa shape index (κ3) is 2.04. The zero-order valence-electron chi connectivity index (χ0n) is 10.1. The lowest BCUT2D eigenvalue weighted by atomic mass is 10.1. The van der Waals surface area contributed by atoms with Crippen molar-refractivity contribution in [1.29, 1.82) is 0 Å². The highest BCUT2D eigenvalue weighted by atomic mass is 16.5. The molecule has 2 aromatic rings. The lowest BCUT2D eigenvalue weighted by Crippen LogP contribution is -2.36. The van der Waals surface area contributed by atoms with Crippen molar-refractivity contribution in [2.24, 2.45) is 0 Å². The summed E-state index contributed by atoms with van der Waals surface area (Å²) in [6, 6.07) is 10.1. The lowest BCUT2D eigenvalue weighted by Gasteiger charge is -2.30. The Morgan fingerprint density at radius 1 is 1.22 bits per heavy atom. The molecule has 1 saturated heterocycles. The van der Waals surface area contributed by atoms with E-state index < -0.39 is 0 Å². The van der Waals surface area contributed by atoms with E-state index in [-0.39, 0.29) is 0 Å². The number of aromatic nitrogens is 2. The first-order valence-corrected chi connectivity index (χ1v) is 6.07. The predicted octanol–water partition coefficient (Wildman–Crippen LogP) is 1.50. The van der Waals surface area contributed by atoms with Crippen LogP contribution < -0.4 is 10.6 Å². The van der Waals surface area contributed by atoms with E-state index >= 15 is 0 Å². The van der Waals surface area contributed by atoms with E-state index in [1.165, 1.54) is 5.69 Å². The number of hydrogen-bond donors (Lipinski definition) is 2. The molecule has 0 radical (unpaired) electrons. The van der Waals surface area contributed by atoms with Gasteiger partial charge in [0.15, 0.2) is 0 Å². The molecule has 5 heteroatoms. The van der Waals surface area contributed by atoms with Crippen LogP contribution in [0, 0.1) is 0 Å². The summed E-state index contributed by atoms with van der Waals surface area (Å²) in [6.45, 7) is 3.39. The first-order valence-electron chi connectivity index (χ1n) is 6.07. The van der Waals surface area contributed by atoms with Crippen LogP contribution in [0.15, 0.2) is 30.3 Å². The van der Waals surface area contributed by atoms with Gasteiger partial charge in [-0.05, 0) is 6.07 Å². The van der Waals surface area contributed by atoms with Gasteiger partial charge in [-0.1, -0.05) is 18.2 Å². The highest BCUT2D eigenvalue weighted by molar-refractivity contribution is 5.77. The Labute approximate surface area is 106 Å². The van der Waals surface area contributed by atoms with Crippen LogP contribution >= 0.6 is 0 Å². The molecule has 1 aromatic heterocycles. The molecule has 1 fully saturated rings. The average Bonchev–Trinajstić information content (AvgIpc) is 2.86. The Bertz CT molecular complexity index is 531. The van der Waals surface area contributed by atoms with Crippen LogP contribution in [0.5, 0.6) is 0 Å². The van der Waals surface area contributed by atoms with Gasteiger partial charge in [0.25, 0.3) is 0 Å². The molecule has 0 amide bonds. The number of nitrogens with zero attached hydrogens (tertiary/aromatic N) is 2. The minimum absolute atomic E-state index is 0.516. The molecule has 0 saturated carbocycles. The summed E-state index contributed by atoms with van der Waals surface area (Å²) in [7, 11) is 0. The molecule has 94 valence electrons. The molecule has 2 heterocycles. The monoisotopic (exact) mass is 244 g/mol. The number of H-pyrrole nitrogens is 1. The van der Waals surface area contributed by atoms with Crippen molar-refractivity contribution in [2.75, 3.05) is 36.9 Å². The number of benzene rings is 1. The average molecular weight is 244 g/mol. The summed E-state index contributed by atoms with van der Waals surface area (Å²) in [6.07, 6.45) is 0. The van der Waals surface area contributed by atoms with Crippen molar-refractivity contribution < 1.29 is 4.74 Å². The highest BCUT2D eigenvalue weighted by Crippen LogP contribution is 2.30. The Hall–Kier alpha value is -2.01. The lowest BCUT2D eigenvalue weighted by molar-refractivity contribution is 0.123. The number of rotatable bonds is 2. The molecule has 3 rings (SSSR count). The predicted molar refractivity (Wildman–Crippen MR) is 71.5 cm³/mol. The standard InChI is InChI=1S/C13H16N4O/c14-13-9-11(15-16-13)10-3-1-2-4-12(10)17-5-7-18-8-6-17/h1-4,9H,5-8H2,(H3,14,15,16). The molecule has 1 aliphatic heterocycles. The second kappa shape index (κ2) is 4.70. The number of nitrogens with two attached hydrogens (primary N) is 1. The zero-order valence-corrected chi connectivity index (χ0v) is 10.1. The Kier molecular flexibility index (Phi) is 2.90. The summed E-state index contributed by atoms with van der Waals surface area (Å²) in [5.74, 6) is 0.516. The van der Waals surface area contributed by atoms with Crippen LogP contribution in [0.4, 0.5) is 11.5 Å². The number of hydrogen-bond acceptors (Lipinski definition) is 4. The van der Waals surface area contributed by atoms with E-state index in [0.717, 1.165) is 37.6 Å². The van der Waals surface area contributed by atoms with Gasteiger partial charge in [-0.3, -0.25) is 5.10 Å². The smallest absolute Gasteiger partial charge is 0.145 e. The van der Waals surface area contributed by atoms with Crippen LogP contribution in [0.2, 0.25) is 0 Å². The second-order valence-corrected chi connectivity index (χ2v) is 4.32. The normalized spacial score (nSPS) is 15.9. The largest absolute Gasteiger partial charge is 0.382 e. The number of anilines is 2. The van der Waals surface area contributed by atoms with E-state index in [2.05, 4.69) is 27.2 Å². The van der Waals surface area contributed by atoms with Gasteiger partial charge in [-0.15, -0.1) is 0 Å². The maximum absolute atomic E-state index is 5.67. The Morgan fingerprint density at radius 3 is 2.72 bits per heavy atom. The van der Waals surface area contributed by atoms with Gasteiger partial charge in [0.1, 0.15) is 5.82 Å². The fourth-order valence-corrected chi connectivity index (χ4v) is 2.26. The fourth-order valence-electron chi connectivity index (χ4n) is 2.26. The van der Waals surface area contributed by atoms with Crippen molar-refractivity contribution in [1.82, 2.24) is 10.2 Å². The fraction of sp³-hybridized carbons (Fsp3) is 0.308. The number of morpholine rings is 1. The molecule has 18 heavy (non-hydrogen) atoms.